The molecule has 0 aliphatic heterocycles. The van der Waals surface area contributed by atoms with Gasteiger partial charge in [-0.3, -0.25) is 14.9 Å². The molecule has 3 aromatic carbocycles. The predicted molar refractivity (Wildman–Crippen MR) is 165 cm³/mol. The number of nitro groups is 1. The number of nitro benzene ring substituents is 1. The summed E-state index contributed by atoms with van der Waals surface area (Å²) in [6, 6.07) is 13.2. The molecule has 4 aromatic rings. The average Bonchev–Trinajstić information content (AvgIpc) is 2.95. The minimum Gasteiger partial charge on any atom is -0.496 e. The third-order valence-corrected chi connectivity index (χ3v) is 6.68. The van der Waals surface area contributed by atoms with Crippen LogP contribution in [0.5, 0.6) is 11.5 Å². The Bertz CT molecular complexity index is 1800. The Morgan fingerprint density at radius 2 is 1.88 bits per heavy atom. The Morgan fingerprint density at radius 1 is 1.16 bits per heavy atom. The molecule has 12 heteroatoms. The summed E-state index contributed by atoms with van der Waals surface area (Å²) < 4.78 is 17.4. The van der Waals surface area contributed by atoms with Gasteiger partial charge in [0, 0.05) is 22.2 Å². The van der Waals surface area contributed by atoms with Gasteiger partial charge in [-0.15, -0.1) is 0 Å². The Hall–Kier alpha value is -4.77. The zero-order valence-corrected chi connectivity index (χ0v) is 25.3. The molecule has 0 saturated heterocycles. The maximum Gasteiger partial charge on any atom is 0.344 e. The number of aromatic nitrogens is 2. The number of rotatable bonds is 10. The summed E-state index contributed by atoms with van der Waals surface area (Å²) in [5, 5.41) is 16.7. The summed E-state index contributed by atoms with van der Waals surface area (Å²) >= 11 is 6.21. The molecule has 0 bridgehead atoms. The lowest BCUT2D eigenvalue weighted by Gasteiger charge is -2.17. The highest BCUT2D eigenvalue weighted by atomic mass is 35.5. The molecule has 0 fully saturated rings. The molecule has 1 heterocycles. The van der Waals surface area contributed by atoms with Crippen LogP contribution in [0.2, 0.25) is 5.02 Å². The number of hydrogen-bond donors (Lipinski definition) is 0. The van der Waals surface area contributed by atoms with Gasteiger partial charge in [0.2, 0.25) is 5.75 Å². The number of esters is 1. The van der Waals surface area contributed by atoms with Crippen LogP contribution in [0.15, 0.2) is 58.4 Å². The molecular weight excluding hydrogens is 576 g/mol. The van der Waals surface area contributed by atoms with Crippen molar-refractivity contribution >= 4 is 40.4 Å². The highest BCUT2D eigenvalue weighted by molar-refractivity contribution is 6.31. The SMILES string of the molecule is COc1cc(C)c(-c2nc3ccccc3c(=O)n2N=Cc2cc(Cl)cc([N+](=O)[O-])c2OCC(=O)OC(C)C)cc1C(C)C. The first-order valence-corrected chi connectivity index (χ1v) is 13.8. The van der Waals surface area contributed by atoms with E-state index >= 15 is 0 Å². The minimum atomic E-state index is -0.713. The fourth-order valence-corrected chi connectivity index (χ4v) is 4.73. The van der Waals surface area contributed by atoms with Crippen LogP contribution in [-0.4, -0.2) is 46.6 Å². The number of nitrogens with zero attached hydrogens (tertiary/aromatic N) is 4. The van der Waals surface area contributed by atoms with Gasteiger partial charge in [0.25, 0.3) is 5.56 Å². The Kier molecular flexibility index (Phi) is 9.45. The lowest BCUT2D eigenvalue weighted by atomic mass is 9.96. The van der Waals surface area contributed by atoms with E-state index < -0.39 is 34.9 Å². The Balaban J connectivity index is 1.93. The molecule has 0 saturated carbocycles. The predicted octanol–water partition coefficient (Wildman–Crippen LogP) is 6.28. The van der Waals surface area contributed by atoms with Crippen LogP contribution < -0.4 is 15.0 Å². The third-order valence-electron chi connectivity index (χ3n) is 6.47. The molecule has 0 aliphatic rings. The quantitative estimate of drug-likeness (QED) is 0.0891. The van der Waals surface area contributed by atoms with Gasteiger partial charge in [-0.05, 0) is 68.1 Å². The summed E-state index contributed by atoms with van der Waals surface area (Å²) in [5.74, 6) is 0.0905. The lowest BCUT2D eigenvalue weighted by molar-refractivity contribution is -0.385. The number of benzene rings is 3. The van der Waals surface area contributed by atoms with Crippen molar-refractivity contribution in [3.05, 3.63) is 90.7 Å². The highest BCUT2D eigenvalue weighted by Gasteiger charge is 2.23. The fraction of sp³-hybridized carbons (Fsp3) is 0.290. The Morgan fingerprint density at radius 3 is 2.53 bits per heavy atom. The molecule has 1 aromatic heterocycles. The first kappa shape index (κ1) is 31.2. The van der Waals surface area contributed by atoms with Gasteiger partial charge in [-0.2, -0.15) is 9.78 Å². The van der Waals surface area contributed by atoms with Gasteiger partial charge in [0.15, 0.2) is 12.4 Å². The van der Waals surface area contributed by atoms with Gasteiger partial charge in [0.1, 0.15) is 5.75 Å². The van der Waals surface area contributed by atoms with Crippen molar-refractivity contribution in [2.24, 2.45) is 5.10 Å². The van der Waals surface area contributed by atoms with Crippen LogP contribution in [0, 0.1) is 17.0 Å². The molecule has 0 radical (unpaired) electrons. The highest BCUT2D eigenvalue weighted by Crippen LogP contribution is 2.35. The molecule has 43 heavy (non-hydrogen) atoms. The first-order chi connectivity index (χ1) is 20.4. The van der Waals surface area contributed by atoms with Crippen LogP contribution in [0.4, 0.5) is 5.69 Å². The van der Waals surface area contributed by atoms with E-state index in [9.17, 15) is 19.7 Å². The zero-order chi connectivity index (χ0) is 31.4. The van der Waals surface area contributed by atoms with E-state index in [4.69, 9.17) is 30.8 Å². The second-order valence-electron chi connectivity index (χ2n) is 10.3. The molecule has 0 unspecified atom stereocenters. The number of carbonyl (C=O) groups is 1. The molecule has 4 rings (SSSR count). The number of halogens is 1. The minimum absolute atomic E-state index is 0.0297. The number of carbonyl (C=O) groups excluding carboxylic acids is 1. The van der Waals surface area contributed by atoms with Crippen LogP contribution in [0.1, 0.15) is 50.3 Å². The van der Waals surface area contributed by atoms with E-state index in [1.54, 1.807) is 45.2 Å². The number of ether oxygens (including phenoxy) is 3. The van der Waals surface area contributed by atoms with Gasteiger partial charge in [-0.25, -0.2) is 9.78 Å². The summed E-state index contributed by atoms with van der Waals surface area (Å²) in [6.45, 7) is 8.68. The van der Waals surface area contributed by atoms with Gasteiger partial charge < -0.3 is 14.2 Å². The molecule has 0 spiro atoms. The molecule has 224 valence electrons. The van der Waals surface area contributed by atoms with E-state index in [0.29, 0.717) is 22.2 Å². The van der Waals surface area contributed by atoms with Crippen molar-refractivity contribution in [3.63, 3.8) is 0 Å². The first-order valence-electron chi connectivity index (χ1n) is 13.5. The number of para-hydroxylation sites is 1. The fourth-order valence-electron chi connectivity index (χ4n) is 4.51. The number of hydrogen-bond acceptors (Lipinski definition) is 9. The number of fused-ring (bicyclic) bond motifs is 1. The molecule has 0 atom stereocenters. The summed E-state index contributed by atoms with van der Waals surface area (Å²) in [5.41, 5.74) is 1.95. The smallest absolute Gasteiger partial charge is 0.344 e. The summed E-state index contributed by atoms with van der Waals surface area (Å²) in [4.78, 5) is 41.9. The van der Waals surface area contributed by atoms with Gasteiger partial charge in [0.05, 0.1) is 35.3 Å². The zero-order valence-electron chi connectivity index (χ0n) is 24.6. The lowest BCUT2D eigenvalue weighted by Crippen LogP contribution is -2.21. The van der Waals surface area contributed by atoms with Crippen molar-refractivity contribution < 1.29 is 23.9 Å². The van der Waals surface area contributed by atoms with Crippen molar-refractivity contribution in [1.82, 2.24) is 9.66 Å². The molecule has 0 amide bonds. The van der Waals surface area contributed by atoms with Crippen LogP contribution in [0.25, 0.3) is 22.3 Å². The topological polar surface area (TPSA) is 135 Å². The average molecular weight is 607 g/mol. The van der Waals surface area contributed by atoms with Crippen molar-refractivity contribution in [1.29, 1.82) is 0 Å². The Labute approximate surface area is 252 Å². The maximum absolute atomic E-state index is 13.8. The summed E-state index contributed by atoms with van der Waals surface area (Å²) in [7, 11) is 1.60. The van der Waals surface area contributed by atoms with Gasteiger partial charge in [-0.1, -0.05) is 37.6 Å². The van der Waals surface area contributed by atoms with Gasteiger partial charge >= 0.3 is 11.7 Å². The second-order valence-corrected chi connectivity index (χ2v) is 10.7. The van der Waals surface area contributed by atoms with Crippen LogP contribution in [0.3, 0.4) is 0 Å². The van der Waals surface area contributed by atoms with E-state index in [-0.39, 0.29) is 28.1 Å². The van der Waals surface area contributed by atoms with E-state index in [0.717, 1.165) is 21.9 Å². The standard InChI is InChI=1S/C31H31ClN4O7/c1-17(2)23-14-24(19(5)11-27(23)41-6)30-34-25-10-8-7-9-22(25)31(38)35(30)33-15-20-12-21(32)13-26(36(39)40)29(20)42-16-28(37)43-18(3)4/h7-15,17-18H,16H2,1-6H3. The van der Waals surface area contributed by atoms with E-state index in [1.807, 2.05) is 32.9 Å². The van der Waals surface area contributed by atoms with E-state index in [1.165, 1.54) is 12.3 Å². The van der Waals surface area contributed by atoms with Crippen LogP contribution in [-0.2, 0) is 9.53 Å². The van der Waals surface area contributed by atoms with E-state index in [2.05, 4.69) is 5.10 Å². The molecular formula is C31H31ClN4O7. The summed E-state index contributed by atoms with van der Waals surface area (Å²) in [6.07, 6.45) is 0.812. The van der Waals surface area contributed by atoms with Crippen LogP contribution >= 0.6 is 11.6 Å². The molecule has 11 nitrogen and oxygen atoms in total. The number of aryl methyl sites for hydroxylation is 1. The van der Waals surface area contributed by atoms with Crippen molar-refractivity contribution in [2.45, 2.75) is 46.6 Å². The third kappa shape index (κ3) is 6.83. The van der Waals surface area contributed by atoms with Crippen molar-refractivity contribution in [2.75, 3.05) is 13.7 Å². The normalized spacial score (nSPS) is 11.5. The number of methoxy groups -OCH3 is 1. The maximum atomic E-state index is 13.8. The monoisotopic (exact) mass is 606 g/mol. The molecule has 0 N–H and O–H groups in total. The largest absolute Gasteiger partial charge is 0.496 e. The molecule has 0 aliphatic carbocycles. The van der Waals surface area contributed by atoms with Crippen molar-refractivity contribution in [3.8, 4) is 22.9 Å². The second kappa shape index (κ2) is 13.0.